The SMILES string of the molecule is COc1ccc(-c2nc(SC)c(C#N)c(-n3ccnc3)n2)cc1. The minimum Gasteiger partial charge on any atom is -0.497 e. The number of aromatic nitrogens is 4. The van der Waals surface area contributed by atoms with Gasteiger partial charge < -0.3 is 4.74 Å². The van der Waals surface area contributed by atoms with Crippen LogP contribution < -0.4 is 4.74 Å². The van der Waals surface area contributed by atoms with Gasteiger partial charge in [-0.25, -0.2) is 15.0 Å². The fraction of sp³-hybridized carbons (Fsp3) is 0.125. The number of nitrogens with zero attached hydrogens (tertiary/aromatic N) is 5. The van der Waals surface area contributed by atoms with Crippen LogP contribution in [0.4, 0.5) is 0 Å². The van der Waals surface area contributed by atoms with Crippen LogP contribution >= 0.6 is 11.8 Å². The van der Waals surface area contributed by atoms with Gasteiger partial charge >= 0.3 is 0 Å². The van der Waals surface area contributed by atoms with Crippen LogP contribution in [0, 0.1) is 11.3 Å². The van der Waals surface area contributed by atoms with Gasteiger partial charge in [-0.1, -0.05) is 0 Å². The molecule has 2 aromatic heterocycles. The zero-order valence-corrected chi connectivity index (χ0v) is 13.4. The van der Waals surface area contributed by atoms with E-state index >= 15 is 0 Å². The molecule has 0 aliphatic heterocycles. The molecular formula is C16H13N5OS. The van der Waals surface area contributed by atoms with Crippen LogP contribution in [0.1, 0.15) is 5.56 Å². The van der Waals surface area contributed by atoms with Gasteiger partial charge in [0.1, 0.15) is 28.7 Å². The van der Waals surface area contributed by atoms with E-state index in [9.17, 15) is 5.26 Å². The Morgan fingerprint density at radius 3 is 2.57 bits per heavy atom. The summed E-state index contributed by atoms with van der Waals surface area (Å²) in [5, 5.41) is 10.1. The first-order valence-electron chi connectivity index (χ1n) is 6.75. The van der Waals surface area contributed by atoms with E-state index in [0.717, 1.165) is 11.3 Å². The summed E-state index contributed by atoms with van der Waals surface area (Å²) < 4.78 is 6.88. The molecular weight excluding hydrogens is 310 g/mol. The van der Waals surface area contributed by atoms with E-state index in [1.165, 1.54) is 11.8 Å². The molecule has 1 aromatic carbocycles. The molecule has 0 radical (unpaired) electrons. The summed E-state index contributed by atoms with van der Waals surface area (Å²) >= 11 is 1.42. The molecule has 0 amide bonds. The summed E-state index contributed by atoms with van der Waals surface area (Å²) in [6.07, 6.45) is 6.91. The lowest BCUT2D eigenvalue weighted by atomic mass is 10.2. The fourth-order valence-corrected chi connectivity index (χ4v) is 2.63. The third-order valence-electron chi connectivity index (χ3n) is 3.26. The molecule has 0 N–H and O–H groups in total. The molecule has 0 unspecified atom stereocenters. The number of methoxy groups -OCH3 is 1. The number of benzene rings is 1. The summed E-state index contributed by atoms with van der Waals surface area (Å²) in [6.45, 7) is 0. The summed E-state index contributed by atoms with van der Waals surface area (Å²) in [7, 11) is 1.62. The van der Waals surface area contributed by atoms with Gasteiger partial charge in [0.15, 0.2) is 11.6 Å². The largest absolute Gasteiger partial charge is 0.497 e. The van der Waals surface area contributed by atoms with Crippen LogP contribution in [0.25, 0.3) is 17.2 Å². The van der Waals surface area contributed by atoms with Gasteiger partial charge in [-0.3, -0.25) is 4.57 Å². The maximum absolute atomic E-state index is 9.47. The van der Waals surface area contributed by atoms with Gasteiger partial charge in [-0.05, 0) is 30.5 Å². The van der Waals surface area contributed by atoms with Crippen LogP contribution in [0.3, 0.4) is 0 Å². The van der Waals surface area contributed by atoms with Gasteiger partial charge in [0.2, 0.25) is 0 Å². The zero-order valence-electron chi connectivity index (χ0n) is 12.6. The van der Waals surface area contributed by atoms with Crippen molar-refractivity contribution >= 4 is 11.8 Å². The first-order valence-corrected chi connectivity index (χ1v) is 7.98. The molecule has 6 nitrogen and oxygen atoms in total. The first-order chi connectivity index (χ1) is 11.3. The Morgan fingerprint density at radius 2 is 2.00 bits per heavy atom. The Kier molecular flexibility index (Phi) is 4.26. The monoisotopic (exact) mass is 323 g/mol. The van der Waals surface area contributed by atoms with Gasteiger partial charge in [0, 0.05) is 18.0 Å². The second-order valence-electron chi connectivity index (χ2n) is 4.57. The quantitative estimate of drug-likeness (QED) is 0.543. The van der Waals surface area contributed by atoms with Crippen LogP contribution in [0.2, 0.25) is 0 Å². The number of rotatable bonds is 4. The molecule has 7 heteroatoms. The predicted molar refractivity (Wildman–Crippen MR) is 87.6 cm³/mol. The summed E-state index contributed by atoms with van der Waals surface area (Å²) in [6, 6.07) is 9.68. The Hall–Kier alpha value is -2.85. The Bertz CT molecular complexity index is 853. The van der Waals surface area contributed by atoms with Gasteiger partial charge in [-0.2, -0.15) is 5.26 Å². The van der Waals surface area contributed by atoms with E-state index < -0.39 is 0 Å². The van der Waals surface area contributed by atoms with E-state index in [-0.39, 0.29) is 0 Å². The van der Waals surface area contributed by atoms with Crippen molar-refractivity contribution in [3.8, 4) is 29.0 Å². The molecule has 0 saturated heterocycles. The number of thioether (sulfide) groups is 1. The van der Waals surface area contributed by atoms with Crippen molar-refractivity contribution < 1.29 is 4.74 Å². The highest BCUT2D eigenvalue weighted by molar-refractivity contribution is 7.98. The van der Waals surface area contributed by atoms with Gasteiger partial charge in [0.05, 0.1) is 7.11 Å². The second-order valence-corrected chi connectivity index (χ2v) is 5.36. The maximum atomic E-state index is 9.47. The Labute approximate surface area is 137 Å². The van der Waals surface area contributed by atoms with E-state index in [1.807, 2.05) is 30.5 Å². The molecule has 114 valence electrons. The van der Waals surface area contributed by atoms with Crippen molar-refractivity contribution in [1.29, 1.82) is 5.26 Å². The zero-order chi connectivity index (χ0) is 16.2. The fourth-order valence-electron chi connectivity index (χ4n) is 2.11. The van der Waals surface area contributed by atoms with E-state index in [4.69, 9.17) is 4.74 Å². The van der Waals surface area contributed by atoms with Crippen molar-refractivity contribution in [2.75, 3.05) is 13.4 Å². The van der Waals surface area contributed by atoms with Crippen LogP contribution in [0.5, 0.6) is 5.75 Å². The van der Waals surface area contributed by atoms with Crippen LogP contribution in [0.15, 0.2) is 48.0 Å². The number of hydrogen-bond donors (Lipinski definition) is 0. The van der Waals surface area contributed by atoms with Crippen molar-refractivity contribution in [3.05, 3.63) is 48.5 Å². The third-order valence-corrected chi connectivity index (χ3v) is 3.94. The molecule has 2 heterocycles. The molecule has 23 heavy (non-hydrogen) atoms. The Balaban J connectivity index is 2.18. The molecule has 0 saturated carbocycles. The topological polar surface area (TPSA) is 76.6 Å². The maximum Gasteiger partial charge on any atom is 0.162 e. The summed E-state index contributed by atoms with van der Waals surface area (Å²) in [5.74, 6) is 1.84. The van der Waals surface area contributed by atoms with Crippen LogP contribution in [-0.2, 0) is 0 Å². The van der Waals surface area contributed by atoms with Gasteiger partial charge in [-0.15, -0.1) is 11.8 Å². The highest BCUT2D eigenvalue weighted by Gasteiger charge is 2.16. The number of hydrogen-bond acceptors (Lipinski definition) is 6. The minimum absolute atomic E-state index is 0.438. The summed E-state index contributed by atoms with van der Waals surface area (Å²) in [5.41, 5.74) is 1.29. The second kappa shape index (κ2) is 6.50. The number of nitriles is 1. The first kappa shape index (κ1) is 15.1. The Morgan fingerprint density at radius 1 is 1.22 bits per heavy atom. The molecule has 0 aliphatic carbocycles. The van der Waals surface area contributed by atoms with Crippen LogP contribution in [-0.4, -0.2) is 32.9 Å². The van der Waals surface area contributed by atoms with Gasteiger partial charge in [0.25, 0.3) is 0 Å². The molecule has 0 atom stereocenters. The third kappa shape index (κ3) is 2.89. The lowest BCUT2D eigenvalue weighted by Crippen LogP contribution is -2.04. The average molecular weight is 323 g/mol. The highest BCUT2D eigenvalue weighted by Crippen LogP contribution is 2.27. The summed E-state index contributed by atoms with van der Waals surface area (Å²) in [4.78, 5) is 13.1. The van der Waals surface area contributed by atoms with E-state index in [2.05, 4.69) is 21.0 Å². The molecule has 0 aliphatic rings. The molecule has 3 aromatic rings. The normalized spacial score (nSPS) is 10.3. The predicted octanol–water partition coefficient (Wildman–Crippen LogP) is 2.93. The molecule has 3 rings (SSSR count). The lowest BCUT2D eigenvalue weighted by Gasteiger charge is -2.10. The van der Waals surface area contributed by atoms with Crippen molar-refractivity contribution in [2.24, 2.45) is 0 Å². The number of imidazole rings is 1. The number of ether oxygens (including phenoxy) is 1. The standard InChI is InChI=1S/C16H13N5OS/c1-22-12-5-3-11(4-6-12)14-19-15(21-8-7-18-10-21)13(9-17)16(20-14)23-2/h3-8,10H,1-2H3. The van der Waals surface area contributed by atoms with Crippen molar-refractivity contribution in [3.63, 3.8) is 0 Å². The van der Waals surface area contributed by atoms with Crippen molar-refractivity contribution in [1.82, 2.24) is 19.5 Å². The van der Waals surface area contributed by atoms with Crippen molar-refractivity contribution in [2.45, 2.75) is 5.03 Å². The molecule has 0 bridgehead atoms. The smallest absolute Gasteiger partial charge is 0.162 e. The minimum atomic E-state index is 0.438. The highest BCUT2D eigenvalue weighted by atomic mass is 32.2. The lowest BCUT2D eigenvalue weighted by molar-refractivity contribution is 0.415. The average Bonchev–Trinajstić information content (AvgIpc) is 3.15. The van der Waals surface area contributed by atoms with E-state index in [0.29, 0.717) is 22.2 Å². The van der Waals surface area contributed by atoms with E-state index in [1.54, 1.807) is 30.4 Å². The molecule has 0 fully saturated rings. The molecule has 0 spiro atoms.